The van der Waals surface area contributed by atoms with Gasteiger partial charge < -0.3 is 9.64 Å². The minimum atomic E-state index is -0.478. The quantitative estimate of drug-likeness (QED) is 0.785. The maximum Gasteiger partial charge on any atom is 0.339 e. The second kappa shape index (κ2) is 6.04. The smallest absolute Gasteiger partial charge is 0.339 e. The second-order valence-electron chi connectivity index (χ2n) is 6.03. The Labute approximate surface area is 130 Å². The van der Waals surface area contributed by atoms with Gasteiger partial charge in [0.05, 0.1) is 18.2 Å². The molecule has 0 N–H and O–H groups in total. The molecule has 2 aliphatic rings. The van der Waals surface area contributed by atoms with Gasteiger partial charge in [0.2, 0.25) is 0 Å². The van der Waals surface area contributed by atoms with Gasteiger partial charge in [-0.25, -0.2) is 4.79 Å². The van der Waals surface area contributed by atoms with Crippen LogP contribution in [-0.4, -0.2) is 65.5 Å². The fourth-order valence-electron chi connectivity index (χ4n) is 3.01. The fraction of sp³-hybridized carbons (Fsp3) is 0.562. The summed E-state index contributed by atoms with van der Waals surface area (Å²) in [5.41, 5.74) is 0.743. The number of esters is 1. The highest BCUT2D eigenvalue weighted by molar-refractivity contribution is 5.97. The van der Waals surface area contributed by atoms with Crippen LogP contribution in [0.1, 0.15) is 40.5 Å². The van der Waals surface area contributed by atoms with Gasteiger partial charge in [-0.3, -0.25) is 14.7 Å². The van der Waals surface area contributed by atoms with Crippen molar-refractivity contribution in [3.05, 3.63) is 29.6 Å². The molecular weight excluding hydrogens is 282 g/mol. The van der Waals surface area contributed by atoms with E-state index in [0.29, 0.717) is 11.1 Å². The van der Waals surface area contributed by atoms with Gasteiger partial charge in [-0.2, -0.15) is 0 Å². The number of carbonyl (C=O) groups excluding carboxylic acids is 2. The molecule has 1 saturated heterocycles. The molecule has 0 bridgehead atoms. The maximum atomic E-state index is 12.7. The summed E-state index contributed by atoms with van der Waals surface area (Å²) in [4.78, 5) is 32.6. The van der Waals surface area contributed by atoms with Gasteiger partial charge in [-0.05, 0) is 25.8 Å². The first-order chi connectivity index (χ1) is 10.6. The molecular formula is C16H21N3O3. The molecule has 1 saturated carbocycles. The van der Waals surface area contributed by atoms with Crippen molar-refractivity contribution < 1.29 is 14.3 Å². The lowest BCUT2D eigenvalue weighted by Crippen LogP contribution is -2.54. The normalized spacial score (nSPS) is 22.5. The minimum Gasteiger partial charge on any atom is -0.465 e. The van der Waals surface area contributed by atoms with Crippen LogP contribution in [0.5, 0.6) is 0 Å². The van der Waals surface area contributed by atoms with Gasteiger partial charge in [-0.15, -0.1) is 0 Å². The summed E-state index contributed by atoms with van der Waals surface area (Å²) in [6, 6.07) is 2.45. The first-order valence-electron chi connectivity index (χ1n) is 7.68. The topological polar surface area (TPSA) is 62.7 Å². The average Bonchev–Trinajstić information content (AvgIpc) is 3.38. The average molecular weight is 303 g/mol. The zero-order valence-corrected chi connectivity index (χ0v) is 13.0. The maximum absolute atomic E-state index is 12.7. The van der Waals surface area contributed by atoms with Crippen LogP contribution in [0.4, 0.5) is 0 Å². The number of piperazine rings is 1. The van der Waals surface area contributed by atoms with E-state index in [1.54, 1.807) is 6.07 Å². The van der Waals surface area contributed by atoms with Crippen LogP contribution < -0.4 is 0 Å². The van der Waals surface area contributed by atoms with E-state index in [4.69, 9.17) is 0 Å². The van der Waals surface area contributed by atoms with Crippen molar-refractivity contribution in [2.24, 2.45) is 0 Å². The van der Waals surface area contributed by atoms with E-state index in [-0.39, 0.29) is 11.9 Å². The highest BCUT2D eigenvalue weighted by Crippen LogP contribution is 2.29. The molecule has 3 rings (SSSR count). The van der Waals surface area contributed by atoms with Crippen molar-refractivity contribution in [1.82, 2.24) is 14.8 Å². The van der Waals surface area contributed by atoms with Crippen LogP contribution in [0.25, 0.3) is 0 Å². The standard InChI is InChI=1S/C16H21N3O3/c1-11-10-18(14-3-4-14)5-6-19(11)15(20)12-7-13(9-17-8-12)16(21)22-2/h7-9,11,14H,3-6,10H2,1-2H3. The van der Waals surface area contributed by atoms with Gasteiger partial charge in [0.15, 0.2) is 0 Å². The van der Waals surface area contributed by atoms with E-state index >= 15 is 0 Å². The van der Waals surface area contributed by atoms with Gasteiger partial charge in [0.1, 0.15) is 0 Å². The fourth-order valence-corrected chi connectivity index (χ4v) is 3.01. The number of amides is 1. The molecule has 0 spiro atoms. The van der Waals surface area contributed by atoms with Crippen LogP contribution in [0.15, 0.2) is 18.5 Å². The molecule has 2 fully saturated rings. The third kappa shape index (κ3) is 2.97. The van der Waals surface area contributed by atoms with Gasteiger partial charge >= 0.3 is 5.97 Å². The lowest BCUT2D eigenvalue weighted by molar-refractivity contribution is 0.0473. The van der Waals surface area contributed by atoms with Crippen LogP contribution >= 0.6 is 0 Å². The van der Waals surface area contributed by atoms with E-state index in [1.807, 2.05) is 4.90 Å². The van der Waals surface area contributed by atoms with Crippen LogP contribution in [-0.2, 0) is 4.74 Å². The summed E-state index contributed by atoms with van der Waals surface area (Å²) in [6.45, 7) is 4.63. The van der Waals surface area contributed by atoms with Crippen molar-refractivity contribution in [3.8, 4) is 0 Å². The zero-order chi connectivity index (χ0) is 15.7. The first-order valence-corrected chi connectivity index (χ1v) is 7.68. The Morgan fingerprint density at radius 1 is 1.23 bits per heavy atom. The lowest BCUT2D eigenvalue weighted by Gasteiger charge is -2.40. The summed E-state index contributed by atoms with van der Waals surface area (Å²) in [5, 5.41) is 0. The third-order valence-corrected chi connectivity index (χ3v) is 4.39. The molecule has 1 aromatic rings. The molecule has 22 heavy (non-hydrogen) atoms. The van der Waals surface area contributed by atoms with Crippen LogP contribution in [0.3, 0.4) is 0 Å². The molecule has 1 aromatic heterocycles. The molecule has 118 valence electrons. The Morgan fingerprint density at radius 2 is 1.95 bits per heavy atom. The number of methoxy groups -OCH3 is 1. The predicted molar refractivity (Wildman–Crippen MR) is 80.7 cm³/mol. The van der Waals surface area contributed by atoms with E-state index in [1.165, 1.54) is 32.3 Å². The Morgan fingerprint density at radius 3 is 2.59 bits per heavy atom. The predicted octanol–water partition coefficient (Wildman–Crippen LogP) is 1.18. The summed E-state index contributed by atoms with van der Waals surface area (Å²) < 4.78 is 4.67. The summed E-state index contributed by atoms with van der Waals surface area (Å²) >= 11 is 0. The summed E-state index contributed by atoms with van der Waals surface area (Å²) in [7, 11) is 1.32. The summed E-state index contributed by atoms with van der Waals surface area (Å²) in [6.07, 6.45) is 5.49. The van der Waals surface area contributed by atoms with E-state index in [2.05, 4.69) is 21.5 Å². The van der Waals surface area contributed by atoms with Crippen molar-refractivity contribution in [1.29, 1.82) is 0 Å². The number of ether oxygens (including phenoxy) is 1. The lowest BCUT2D eigenvalue weighted by atomic mass is 10.1. The number of hydrogen-bond donors (Lipinski definition) is 0. The molecule has 1 aliphatic carbocycles. The molecule has 0 aromatic carbocycles. The van der Waals surface area contributed by atoms with Crippen LogP contribution in [0, 0.1) is 0 Å². The highest BCUT2D eigenvalue weighted by Gasteiger charge is 2.35. The number of aromatic nitrogens is 1. The molecule has 1 atom stereocenters. The number of carbonyl (C=O) groups is 2. The van der Waals surface area contributed by atoms with Crippen molar-refractivity contribution in [2.45, 2.75) is 31.8 Å². The first kappa shape index (κ1) is 15.0. The number of hydrogen-bond acceptors (Lipinski definition) is 5. The molecule has 0 radical (unpaired) electrons. The molecule has 1 aliphatic heterocycles. The molecule has 2 heterocycles. The van der Waals surface area contributed by atoms with Crippen LogP contribution in [0.2, 0.25) is 0 Å². The minimum absolute atomic E-state index is 0.0683. The monoisotopic (exact) mass is 303 g/mol. The van der Waals surface area contributed by atoms with Gasteiger partial charge in [-0.1, -0.05) is 0 Å². The van der Waals surface area contributed by atoms with E-state index < -0.39 is 5.97 Å². The van der Waals surface area contributed by atoms with Crippen molar-refractivity contribution in [3.63, 3.8) is 0 Å². The Balaban J connectivity index is 1.72. The van der Waals surface area contributed by atoms with E-state index in [9.17, 15) is 9.59 Å². The Kier molecular flexibility index (Phi) is 4.11. The number of nitrogens with zero attached hydrogens (tertiary/aromatic N) is 3. The SMILES string of the molecule is COC(=O)c1cncc(C(=O)N2CCN(C3CC3)CC2C)c1. The molecule has 1 unspecified atom stereocenters. The van der Waals surface area contributed by atoms with Crippen molar-refractivity contribution in [2.75, 3.05) is 26.7 Å². The summed E-state index contributed by atoms with van der Waals surface area (Å²) in [5.74, 6) is -0.546. The second-order valence-corrected chi connectivity index (χ2v) is 6.03. The number of pyridine rings is 1. The molecule has 6 nitrogen and oxygen atoms in total. The Bertz CT molecular complexity index is 586. The zero-order valence-electron chi connectivity index (χ0n) is 13.0. The molecule has 1 amide bonds. The van der Waals surface area contributed by atoms with Gasteiger partial charge in [0, 0.05) is 44.1 Å². The highest BCUT2D eigenvalue weighted by atomic mass is 16.5. The Hall–Kier alpha value is -1.95. The van der Waals surface area contributed by atoms with Crippen molar-refractivity contribution >= 4 is 11.9 Å². The largest absolute Gasteiger partial charge is 0.465 e. The molecule has 6 heteroatoms. The third-order valence-electron chi connectivity index (χ3n) is 4.39. The van der Waals surface area contributed by atoms with Gasteiger partial charge in [0.25, 0.3) is 5.91 Å². The number of rotatable bonds is 3. The van der Waals surface area contributed by atoms with E-state index in [0.717, 1.165) is 25.7 Å².